The zero-order chi connectivity index (χ0) is 16.4. The second kappa shape index (κ2) is 6.46. The minimum atomic E-state index is -0.839. The van der Waals surface area contributed by atoms with Crippen molar-refractivity contribution in [2.24, 2.45) is 0 Å². The molecule has 0 spiro atoms. The maximum Gasteiger partial charge on any atom is 0.260 e. The highest BCUT2D eigenvalue weighted by atomic mass is 19.1. The lowest BCUT2D eigenvalue weighted by molar-refractivity contribution is -0.0231. The molecule has 0 N–H and O–H groups in total. The lowest BCUT2D eigenvalue weighted by Gasteiger charge is -2.33. The summed E-state index contributed by atoms with van der Waals surface area (Å²) in [6, 6.07) is 11.2. The molecule has 1 aliphatic heterocycles. The van der Waals surface area contributed by atoms with Gasteiger partial charge in [-0.2, -0.15) is 0 Å². The van der Waals surface area contributed by atoms with Crippen molar-refractivity contribution in [3.05, 3.63) is 70.8 Å². The fourth-order valence-electron chi connectivity index (χ4n) is 2.68. The van der Waals surface area contributed by atoms with Crippen LogP contribution in [0, 0.1) is 18.6 Å². The third kappa shape index (κ3) is 3.24. The second-order valence-electron chi connectivity index (χ2n) is 5.62. The van der Waals surface area contributed by atoms with Crippen LogP contribution in [0.5, 0.6) is 0 Å². The third-order valence-corrected chi connectivity index (χ3v) is 3.98. The van der Waals surface area contributed by atoms with E-state index in [1.54, 1.807) is 0 Å². The van der Waals surface area contributed by atoms with Gasteiger partial charge >= 0.3 is 0 Å². The molecule has 23 heavy (non-hydrogen) atoms. The van der Waals surface area contributed by atoms with Crippen molar-refractivity contribution in [1.82, 2.24) is 4.90 Å². The van der Waals surface area contributed by atoms with E-state index in [1.807, 2.05) is 31.2 Å². The van der Waals surface area contributed by atoms with Crippen LogP contribution in [0.1, 0.15) is 27.6 Å². The predicted octanol–water partition coefficient (Wildman–Crippen LogP) is 3.49. The summed E-state index contributed by atoms with van der Waals surface area (Å²) in [6.45, 7) is 2.91. The number of aryl methyl sites for hydroxylation is 1. The first-order valence-corrected chi connectivity index (χ1v) is 7.47. The average Bonchev–Trinajstić information content (AvgIpc) is 2.55. The normalized spacial score (nSPS) is 18.0. The number of hydrogen-bond donors (Lipinski definition) is 0. The average molecular weight is 317 g/mol. The summed E-state index contributed by atoms with van der Waals surface area (Å²) in [6.07, 6.45) is -0.289. The molecule has 1 heterocycles. The van der Waals surface area contributed by atoms with Gasteiger partial charge in [-0.1, -0.05) is 35.9 Å². The van der Waals surface area contributed by atoms with Gasteiger partial charge in [0.15, 0.2) is 0 Å². The monoisotopic (exact) mass is 317 g/mol. The highest BCUT2D eigenvalue weighted by Gasteiger charge is 2.29. The SMILES string of the molecule is Cc1ccc(C2CN(C(=O)c3c(F)cccc3F)CCO2)cc1. The van der Waals surface area contributed by atoms with Crippen molar-refractivity contribution in [3.63, 3.8) is 0 Å². The standard InChI is InChI=1S/C18H17F2NO2/c1-12-5-7-13(8-6-12)16-11-21(9-10-23-16)18(22)17-14(19)3-2-4-15(17)20/h2-8,16H,9-11H2,1H3. The van der Waals surface area contributed by atoms with Crippen molar-refractivity contribution in [1.29, 1.82) is 0 Å². The molecular weight excluding hydrogens is 300 g/mol. The van der Waals surface area contributed by atoms with Crippen LogP contribution in [0.2, 0.25) is 0 Å². The van der Waals surface area contributed by atoms with E-state index >= 15 is 0 Å². The van der Waals surface area contributed by atoms with E-state index in [0.29, 0.717) is 13.2 Å². The summed E-state index contributed by atoms with van der Waals surface area (Å²) in [7, 11) is 0. The Balaban J connectivity index is 1.81. The van der Waals surface area contributed by atoms with E-state index in [4.69, 9.17) is 4.74 Å². The van der Waals surface area contributed by atoms with Crippen molar-refractivity contribution in [3.8, 4) is 0 Å². The highest BCUT2D eigenvalue weighted by molar-refractivity contribution is 5.94. The topological polar surface area (TPSA) is 29.5 Å². The molecule has 2 aromatic carbocycles. The van der Waals surface area contributed by atoms with Crippen LogP contribution >= 0.6 is 0 Å². The Morgan fingerprint density at radius 3 is 2.43 bits per heavy atom. The van der Waals surface area contributed by atoms with Crippen molar-refractivity contribution in [2.45, 2.75) is 13.0 Å². The fraction of sp³-hybridized carbons (Fsp3) is 0.278. The van der Waals surface area contributed by atoms with Crippen LogP contribution in [-0.4, -0.2) is 30.5 Å². The van der Waals surface area contributed by atoms with Crippen LogP contribution < -0.4 is 0 Å². The molecule has 3 nitrogen and oxygen atoms in total. The molecule has 0 aliphatic carbocycles. The quantitative estimate of drug-likeness (QED) is 0.848. The Morgan fingerprint density at radius 1 is 1.13 bits per heavy atom. The zero-order valence-electron chi connectivity index (χ0n) is 12.8. The Kier molecular flexibility index (Phi) is 4.39. The van der Waals surface area contributed by atoms with Gasteiger partial charge in [0.05, 0.1) is 13.2 Å². The van der Waals surface area contributed by atoms with E-state index < -0.39 is 23.1 Å². The number of benzene rings is 2. The van der Waals surface area contributed by atoms with Crippen LogP contribution in [0.4, 0.5) is 8.78 Å². The number of nitrogens with zero attached hydrogens (tertiary/aromatic N) is 1. The van der Waals surface area contributed by atoms with Gasteiger partial charge in [0.25, 0.3) is 5.91 Å². The Labute approximate surface area is 133 Å². The molecule has 1 fully saturated rings. The van der Waals surface area contributed by atoms with Gasteiger partial charge in [0, 0.05) is 6.54 Å². The van der Waals surface area contributed by atoms with Gasteiger partial charge in [-0.25, -0.2) is 8.78 Å². The third-order valence-electron chi connectivity index (χ3n) is 3.98. The summed E-state index contributed by atoms with van der Waals surface area (Å²) >= 11 is 0. The number of hydrogen-bond acceptors (Lipinski definition) is 2. The molecule has 1 amide bonds. The molecule has 120 valence electrons. The lowest BCUT2D eigenvalue weighted by Crippen LogP contribution is -2.42. The van der Waals surface area contributed by atoms with E-state index in [-0.39, 0.29) is 12.6 Å². The number of carbonyl (C=O) groups is 1. The zero-order valence-corrected chi connectivity index (χ0v) is 12.8. The minimum Gasteiger partial charge on any atom is -0.370 e. The largest absolute Gasteiger partial charge is 0.370 e. The molecule has 1 unspecified atom stereocenters. The molecule has 0 saturated carbocycles. The molecule has 2 aromatic rings. The lowest BCUT2D eigenvalue weighted by atomic mass is 10.1. The second-order valence-corrected chi connectivity index (χ2v) is 5.62. The number of amides is 1. The maximum atomic E-state index is 13.8. The van der Waals surface area contributed by atoms with Crippen LogP contribution in [0.25, 0.3) is 0 Å². The Hall–Kier alpha value is -2.27. The van der Waals surface area contributed by atoms with Crippen LogP contribution in [-0.2, 0) is 4.74 Å². The maximum absolute atomic E-state index is 13.8. The Bertz CT molecular complexity index is 695. The van der Waals surface area contributed by atoms with E-state index in [1.165, 1.54) is 11.0 Å². The van der Waals surface area contributed by atoms with Gasteiger partial charge < -0.3 is 9.64 Å². The predicted molar refractivity (Wildman–Crippen MR) is 82.1 cm³/mol. The molecule has 5 heteroatoms. The summed E-state index contributed by atoms with van der Waals surface area (Å²) in [5.41, 5.74) is 1.57. The molecule has 1 saturated heterocycles. The number of rotatable bonds is 2. The fourth-order valence-corrected chi connectivity index (χ4v) is 2.68. The number of carbonyl (C=O) groups excluding carboxylic acids is 1. The molecular formula is C18H17F2NO2. The van der Waals surface area contributed by atoms with Gasteiger partial charge in [0.2, 0.25) is 0 Å². The number of halogens is 2. The van der Waals surface area contributed by atoms with E-state index in [0.717, 1.165) is 23.3 Å². The van der Waals surface area contributed by atoms with E-state index in [2.05, 4.69) is 0 Å². The smallest absolute Gasteiger partial charge is 0.260 e. The molecule has 1 atom stereocenters. The summed E-state index contributed by atoms with van der Waals surface area (Å²) in [5, 5.41) is 0. The van der Waals surface area contributed by atoms with Crippen LogP contribution in [0.15, 0.2) is 42.5 Å². The molecule has 0 aromatic heterocycles. The van der Waals surface area contributed by atoms with Gasteiger partial charge in [-0.3, -0.25) is 4.79 Å². The number of morpholine rings is 1. The first kappa shape index (κ1) is 15.6. The summed E-state index contributed by atoms with van der Waals surface area (Å²) in [5.74, 6) is -2.32. The van der Waals surface area contributed by atoms with Crippen LogP contribution in [0.3, 0.4) is 0 Å². The van der Waals surface area contributed by atoms with E-state index in [9.17, 15) is 13.6 Å². The molecule has 1 aliphatic rings. The molecule has 0 radical (unpaired) electrons. The van der Waals surface area contributed by atoms with Crippen molar-refractivity contribution in [2.75, 3.05) is 19.7 Å². The van der Waals surface area contributed by atoms with Crippen molar-refractivity contribution >= 4 is 5.91 Å². The summed E-state index contributed by atoms with van der Waals surface area (Å²) < 4.78 is 33.3. The Morgan fingerprint density at radius 2 is 1.78 bits per heavy atom. The van der Waals surface area contributed by atoms with Gasteiger partial charge in [-0.15, -0.1) is 0 Å². The molecule has 3 rings (SSSR count). The molecule has 0 bridgehead atoms. The first-order valence-electron chi connectivity index (χ1n) is 7.47. The van der Waals surface area contributed by atoms with Gasteiger partial charge in [0.1, 0.15) is 23.3 Å². The van der Waals surface area contributed by atoms with Crippen molar-refractivity contribution < 1.29 is 18.3 Å². The van der Waals surface area contributed by atoms with Gasteiger partial charge in [-0.05, 0) is 24.6 Å². The first-order chi connectivity index (χ1) is 11.1. The highest BCUT2D eigenvalue weighted by Crippen LogP contribution is 2.24. The summed E-state index contributed by atoms with van der Waals surface area (Å²) in [4.78, 5) is 13.9. The number of ether oxygens (including phenoxy) is 1. The minimum absolute atomic E-state index is 0.273.